The van der Waals surface area contributed by atoms with Crippen molar-refractivity contribution in [1.82, 2.24) is 15.5 Å². The Balaban J connectivity index is 1.27. The molecule has 2 aromatic rings. The molecule has 0 radical (unpaired) electrons. The second-order valence-corrected chi connectivity index (χ2v) is 9.75. The van der Waals surface area contributed by atoms with Gasteiger partial charge in [0.1, 0.15) is 17.9 Å². The molecule has 0 aromatic heterocycles. The monoisotopic (exact) mass is 459 g/mol. The average molecular weight is 460 g/mol. The second-order valence-electron chi connectivity index (χ2n) is 9.75. The SMILES string of the molecule is C=C1CCC(N2Cc3cc(O[C@@H]4CCCC[C@H]4N[C@H](C)c4ccccc4)ccc3C2=O)C(=O)N1. The van der Waals surface area contributed by atoms with E-state index in [2.05, 4.69) is 48.4 Å². The summed E-state index contributed by atoms with van der Waals surface area (Å²) in [6.45, 7) is 6.47. The van der Waals surface area contributed by atoms with Crippen molar-refractivity contribution < 1.29 is 14.3 Å². The number of benzene rings is 2. The number of piperidine rings is 1. The largest absolute Gasteiger partial charge is 0.489 e. The normalized spacial score (nSPS) is 25.6. The van der Waals surface area contributed by atoms with Crippen LogP contribution in [0.25, 0.3) is 0 Å². The molecule has 1 saturated carbocycles. The van der Waals surface area contributed by atoms with Crippen molar-refractivity contribution in [3.8, 4) is 5.75 Å². The highest BCUT2D eigenvalue weighted by atomic mass is 16.5. The molecule has 2 N–H and O–H groups in total. The Morgan fingerprint density at radius 2 is 1.88 bits per heavy atom. The van der Waals surface area contributed by atoms with Gasteiger partial charge in [-0.2, -0.15) is 0 Å². The van der Waals surface area contributed by atoms with Gasteiger partial charge in [-0.05, 0) is 68.4 Å². The summed E-state index contributed by atoms with van der Waals surface area (Å²) in [5.74, 6) is 0.571. The molecule has 1 aliphatic carbocycles. The molecule has 178 valence electrons. The van der Waals surface area contributed by atoms with E-state index in [0.717, 1.165) is 36.3 Å². The van der Waals surface area contributed by atoms with E-state index >= 15 is 0 Å². The molecule has 0 spiro atoms. The number of hydrogen-bond donors (Lipinski definition) is 2. The van der Waals surface area contributed by atoms with Gasteiger partial charge in [0.2, 0.25) is 5.91 Å². The summed E-state index contributed by atoms with van der Waals surface area (Å²) in [6, 6.07) is 16.3. The first kappa shape index (κ1) is 22.7. The van der Waals surface area contributed by atoms with E-state index in [9.17, 15) is 9.59 Å². The lowest BCUT2D eigenvalue weighted by atomic mass is 9.91. The number of allylic oxidation sites excluding steroid dienone is 1. The van der Waals surface area contributed by atoms with Crippen LogP contribution in [0.5, 0.6) is 5.75 Å². The van der Waals surface area contributed by atoms with Crippen LogP contribution in [0, 0.1) is 0 Å². The third-order valence-electron chi connectivity index (χ3n) is 7.36. The fourth-order valence-electron chi connectivity index (χ4n) is 5.47. The second kappa shape index (κ2) is 9.63. The highest BCUT2D eigenvalue weighted by Crippen LogP contribution is 2.32. The van der Waals surface area contributed by atoms with E-state index in [1.54, 1.807) is 4.90 Å². The Bertz CT molecular complexity index is 1080. The molecule has 1 unspecified atom stereocenters. The third kappa shape index (κ3) is 4.60. The van der Waals surface area contributed by atoms with Gasteiger partial charge in [-0.1, -0.05) is 43.3 Å². The van der Waals surface area contributed by atoms with E-state index in [-0.39, 0.29) is 30.0 Å². The van der Waals surface area contributed by atoms with Crippen LogP contribution < -0.4 is 15.4 Å². The van der Waals surface area contributed by atoms with Crippen LogP contribution >= 0.6 is 0 Å². The van der Waals surface area contributed by atoms with Crippen LogP contribution in [0.15, 0.2) is 60.8 Å². The predicted molar refractivity (Wildman–Crippen MR) is 131 cm³/mol. The number of ether oxygens (including phenoxy) is 1. The molecule has 2 fully saturated rings. The maximum Gasteiger partial charge on any atom is 0.255 e. The van der Waals surface area contributed by atoms with Crippen molar-refractivity contribution in [1.29, 1.82) is 0 Å². The van der Waals surface area contributed by atoms with Crippen molar-refractivity contribution >= 4 is 11.8 Å². The lowest BCUT2D eigenvalue weighted by molar-refractivity contribution is -0.126. The highest BCUT2D eigenvalue weighted by molar-refractivity contribution is 6.01. The minimum Gasteiger partial charge on any atom is -0.489 e. The number of rotatable bonds is 6. The number of carbonyl (C=O) groups is 2. The van der Waals surface area contributed by atoms with E-state index in [0.29, 0.717) is 24.9 Å². The quantitative estimate of drug-likeness (QED) is 0.669. The van der Waals surface area contributed by atoms with Crippen LogP contribution in [-0.4, -0.2) is 34.9 Å². The molecule has 1 saturated heterocycles. The molecular formula is C28H33N3O3. The molecule has 0 bridgehead atoms. The zero-order chi connectivity index (χ0) is 23.7. The highest BCUT2D eigenvalue weighted by Gasteiger charge is 2.38. The number of amides is 2. The maximum atomic E-state index is 13.0. The first-order valence-corrected chi connectivity index (χ1v) is 12.4. The first-order chi connectivity index (χ1) is 16.5. The number of carbonyl (C=O) groups excluding carboxylic acids is 2. The zero-order valence-electron chi connectivity index (χ0n) is 19.8. The summed E-state index contributed by atoms with van der Waals surface area (Å²) in [5.41, 5.74) is 3.59. The van der Waals surface area contributed by atoms with Crippen LogP contribution in [0.2, 0.25) is 0 Å². The van der Waals surface area contributed by atoms with Gasteiger partial charge in [0, 0.05) is 29.9 Å². The lowest BCUT2D eigenvalue weighted by Crippen LogP contribution is -2.49. The van der Waals surface area contributed by atoms with Crippen LogP contribution in [-0.2, 0) is 11.3 Å². The van der Waals surface area contributed by atoms with Gasteiger partial charge in [0.25, 0.3) is 5.91 Å². The number of nitrogens with zero attached hydrogens (tertiary/aromatic N) is 1. The molecule has 2 aliphatic heterocycles. The van der Waals surface area contributed by atoms with Crippen LogP contribution in [0.1, 0.15) is 73.0 Å². The Kier molecular flexibility index (Phi) is 6.42. The van der Waals surface area contributed by atoms with Crippen LogP contribution in [0.3, 0.4) is 0 Å². The summed E-state index contributed by atoms with van der Waals surface area (Å²) in [5, 5.41) is 6.58. The predicted octanol–water partition coefficient (Wildman–Crippen LogP) is 4.48. The molecule has 2 amide bonds. The van der Waals surface area contributed by atoms with Crippen molar-refractivity contribution in [2.45, 2.75) is 76.2 Å². The number of hydrogen-bond acceptors (Lipinski definition) is 4. The van der Waals surface area contributed by atoms with Gasteiger partial charge < -0.3 is 20.3 Å². The Hall–Kier alpha value is -3.12. The van der Waals surface area contributed by atoms with E-state index in [1.807, 2.05) is 24.3 Å². The van der Waals surface area contributed by atoms with Gasteiger partial charge in [-0.25, -0.2) is 0 Å². The lowest BCUT2D eigenvalue weighted by Gasteiger charge is -2.34. The summed E-state index contributed by atoms with van der Waals surface area (Å²) < 4.78 is 6.50. The minimum absolute atomic E-state index is 0.0805. The Labute approximate surface area is 201 Å². The summed E-state index contributed by atoms with van der Waals surface area (Å²) >= 11 is 0. The molecule has 5 rings (SSSR count). The number of fused-ring (bicyclic) bond motifs is 1. The van der Waals surface area contributed by atoms with Crippen molar-refractivity contribution in [2.24, 2.45) is 0 Å². The third-order valence-corrected chi connectivity index (χ3v) is 7.36. The van der Waals surface area contributed by atoms with Crippen molar-refractivity contribution in [3.63, 3.8) is 0 Å². The van der Waals surface area contributed by atoms with E-state index in [1.165, 1.54) is 12.0 Å². The van der Waals surface area contributed by atoms with Gasteiger partial charge in [-0.3, -0.25) is 9.59 Å². The topological polar surface area (TPSA) is 70.7 Å². The fourth-order valence-corrected chi connectivity index (χ4v) is 5.47. The molecule has 2 aromatic carbocycles. The molecule has 4 atom stereocenters. The van der Waals surface area contributed by atoms with Crippen molar-refractivity contribution in [2.75, 3.05) is 0 Å². The van der Waals surface area contributed by atoms with Gasteiger partial charge >= 0.3 is 0 Å². The summed E-state index contributed by atoms with van der Waals surface area (Å²) in [6.07, 6.45) is 5.84. The Morgan fingerprint density at radius 1 is 1.09 bits per heavy atom. The molecule has 6 nitrogen and oxygen atoms in total. The fraction of sp³-hybridized carbons (Fsp3) is 0.429. The van der Waals surface area contributed by atoms with Gasteiger partial charge in [0.15, 0.2) is 0 Å². The Morgan fingerprint density at radius 3 is 2.68 bits per heavy atom. The molecule has 34 heavy (non-hydrogen) atoms. The average Bonchev–Trinajstić information content (AvgIpc) is 3.16. The van der Waals surface area contributed by atoms with Crippen LogP contribution in [0.4, 0.5) is 0 Å². The molecular weight excluding hydrogens is 426 g/mol. The van der Waals surface area contributed by atoms with E-state index < -0.39 is 6.04 Å². The number of nitrogens with one attached hydrogen (secondary N) is 2. The smallest absolute Gasteiger partial charge is 0.255 e. The van der Waals surface area contributed by atoms with Crippen molar-refractivity contribution in [3.05, 3.63) is 77.5 Å². The molecule has 6 heteroatoms. The van der Waals surface area contributed by atoms with E-state index in [4.69, 9.17) is 4.74 Å². The zero-order valence-corrected chi connectivity index (χ0v) is 19.8. The minimum atomic E-state index is -0.443. The molecule has 2 heterocycles. The first-order valence-electron chi connectivity index (χ1n) is 12.4. The molecule has 3 aliphatic rings. The maximum absolute atomic E-state index is 13.0. The summed E-state index contributed by atoms with van der Waals surface area (Å²) in [4.78, 5) is 27.1. The van der Waals surface area contributed by atoms with Gasteiger partial charge in [-0.15, -0.1) is 0 Å². The summed E-state index contributed by atoms with van der Waals surface area (Å²) in [7, 11) is 0. The standard InChI is InChI=1S/C28H33N3O3/c1-18-12-15-25(27(32)29-18)31-17-21-16-22(13-14-23(21)28(31)33)34-26-11-7-6-10-24(26)30-19(2)20-8-4-3-5-9-20/h3-5,8-9,13-14,16,19,24-26,30H,1,6-7,10-12,15,17H2,2H3,(H,29,32)/t19-,24-,25?,26-/m1/s1. The van der Waals surface area contributed by atoms with Gasteiger partial charge in [0.05, 0.1) is 0 Å².